The Morgan fingerprint density at radius 1 is 1.00 bits per heavy atom. The molecule has 2 amide bonds. The molecule has 2 aromatic carbocycles. The van der Waals surface area contributed by atoms with Gasteiger partial charge in [0.05, 0.1) is 0 Å². The molecule has 5 nitrogen and oxygen atoms in total. The van der Waals surface area contributed by atoms with E-state index < -0.39 is 16.9 Å². The van der Waals surface area contributed by atoms with Gasteiger partial charge in [-0.25, -0.2) is 4.79 Å². The second-order valence-electron chi connectivity index (χ2n) is 6.81. The Hall–Kier alpha value is -2.47. The lowest BCUT2D eigenvalue weighted by Crippen LogP contribution is -2.56. The fourth-order valence-corrected chi connectivity index (χ4v) is 3.30. The van der Waals surface area contributed by atoms with E-state index >= 15 is 0 Å². The highest BCUT2D eigenvalue weighted by Gasteiger charge is 2.36. The average Bonchev–Trinajstić information content (AvgIpc) is 2.67. The zero-order chi connectivity index (χ0) is 19.9. The van der Waals surface area contributed by atoms with Crippen LogP contribution < -0.4 is 10.6 Å². The van der Waals surface area contributed by atoms with Gasteiger partial charge in [-0.05, 0) is 31.2 Å². The number of carbonyl (C=O) groups is 2. The molecule has 2 rings (SSSR count). The maximum atomic E-state index is 12.8. The summed E-state index contributed by atoms with van der Waals surface area (Å²) in [6.45, 7) is 4.09. The Bertz CT molecular complexity index is 711. The molecular formula is C21H26N2O3S. The van der Waals surface area contributed by atoms with Crippen LogP contribution in [0.5, 0.6) is 0 Å². The molecule has 0 bridgehead atoms. The van der Waals surface area contributed by atoms with Gasteiger partial charge < -0.3 is 15.7 Å². The standard InChI is InChI=1S/C21H26N2O3S/c1-21(2,27-3)18(23-20(25)26)19(24)22-14-17(15-10-6-4-7-11-15)16-12-8-5-9-13-16/h4-13,17-18,23H,14H2,1-3H3,(H,22,24)(H,25,26). The van der Waals surface area contributed by atoms with Gasteiger partial charge in [0.1, 0.15) is 6.04 Å². The number of amides is 2. The monoisotopic (exact) mass is 386 g/mol. The highest BCUT2D eigenvalue weighted by Crippen LogP contribution is 2.27. The summed E-state index contributed by atoms with van der Waals surface area (Å²) in [5, 5.41) is 14.4. The van der Waals surface area contributed by atoms with Crippen molar-refractivity contribution in [1.82, 2.24) is 10.6 Å². The largest absolute Gasteiger partial charge is 0.465 e. The molecular weight excluding hydrogens is 360 g/mol. The molecule has 1 atom stereocenters. The summed E-state index contributed by atoms with van der Waals surface area (Å²) in [4.78, 5) is 24.0. The predicted molar refractivity (Wildman–Crippen MR) is 110 cm³/mol. The van der Waals surface area contributed by atoms with Gasteiger partial charge in [-0.3, -0.25) is 4.79 Å². The molecule has 1 unspecified atom stereocenters. The summed E-state index contributed by atoms with van der Waals surface area (Å²) >= 11 is 1.45. The third kappa shape index (κ3) is 5.76. The van der Waals surface area contributed by atoms with Crippen molar-refractivity contribution in [3.63, 3.8) is 0 Å². The van der Waals surface area contributed by atoms with Crippen LogP contribution in [-0.2, 0) is 4.79 Å². The minimum absolute atomic E-state index is 0.0146. The van der Waals surface area contributed by atoms with Crippen LogP contribution in [0.1, 0.15) is 30.9 Å². The normalized spacial score (nSPS) is 12.4. The third-order valence-corrected chi connectivity index (χ3v) is 5.92. The fourth-order valence-electron chi connectivity index (χ4n) is 2.90. The van der Waals surface area contributed by atoms with Crippen molar-refractivity contribution in [2.45, 2.75) is 30.6 Å². The molecule has 2 aromatic rings. The maximum Gasteiger partial charge on any atom is 0.405 e. The molecule has 0 fully saturated rings. The Morgan fingerprint density at radius 2 is 1.48 bits per heavy atom. The Kier molecular flexibility index (Phi) is 7.30. The highest BCUT2D eigenvalue weighted by molar-refractivity contribution is 8.00. The van der Waals surface area contributed by atoms with E-state index in [4.69, 9.17) is 5.11 Å². The second kappa shape index (κ2) is 9.46. The quantitative estimate of drug-likeness (QED) is 0.646. The van der Waals surface area contributed by atoms with Crippen LogP contribution in [0.25, 0.3) is 0 Å². The minimum Gasteiger partial charge on any atom is -0.465 e. The van der Waals surface area contributed by atoms with Crippen LogP contribution in [0.3, 0.4) is 0 Å². The third-order valence-electron chi connectivity index (χ3n) is 4.64. The van der Waals surface area contributed by atoms with Crippen LogP contribution in [0.2, 0.25) is 0 Å². The summed E-state index contributed by atoms with van der Waals surface area (Å²) in [6.07, 6.45) is 0.653. The molecule has 0 aromatic heterocycles. The summed E-state index contributed by atoms with van der Waals surface area (Å²) in [7, 11) is 0. The molecule has 0 aliphatic rings. The van der Waals surface area contributed by atoms with Gasteiger partial charge in [-0.15, -0.1) is 0 Å². The average molecular weight is 387 g/mol. The molecule has 6 heteroatoms. The van der Waals surface area contributed by atoms with Gasteiger partial charge in [0.25, 0.3) is 0 Å². The number of carbonyl (C=O) groups excluding carboxylic acids is 1. The number of hydrogen-bond donors (Lipinski definition) is 3. The van der Waals surface area contributed by atoms with Crippen molar-refractivity contribution in [3.05, 3.63) is 71.8 Å². The van der Waals surface area contributed by atoms with Crippen LogP contribution >= 0.6 is 11.8 Å². The first-order valence-electron chi connectivity index (χ1n) is 8.77. The highest BCUT2D eigenvalue weighted by atomic mass is 32.2. The van der Waals surface area contributed by atoms with Crippen LogP contribution in [0, 0.1) is 0 Å². The fraction of sp³-hybridized carbons (Fsp3) is 0.333. The van der Waals surface area contributed by atoms with Gasteiger partial charge >= 0.3 is 6.09 Å². The zero-order valence-corrected chi connectivity index (χ0v) is 16.6. The molecule has 0 spiro atoms. The second-order valence-corrected chi connectivity index (χ2v) is 8.27. The minimum atomic E-state index is -1.21. The van der Waals surface area contributed by atoms with Crippen LogP contribution in [0.4, 0.5) is 4.79 Å². The van der Waals surface area contributed by atoms with E-state index in [2.05, 4.69) is 10.6 Å². The Morgan fingerprint density at radius 3 is 1.89 bits per heavy atom. The van der Waals surface area contributed by atoms with E-state index in [0.29, 0.717) is 6.54 Å². The maximum absolute atomic E-state index is 12.8. The Balaban J connectivity index is 2.20. The smallest absolute Gasteiger partial charge is 0.405 e. The first-order chi connectivity index (χ1) is 12.8. The Labute approximate surface area is 164 Å². The topological polar surface area (TPSA) is 78.4 Å². The molecule has 0 saturated carbocycles. The first kappa shape index (κ1) is 20.8. The van der Waals surface area contributed by atoms with E-state index in [1.165, 1.54) is 11.8 Å². The molecule has 0 aliphatic carbocycles. The molecule has 27 heavy (non-hydrogen) atoms. The molecule has 0 saturated heterocycles. The van der Waals surface area contributed by atoms with Gasteiger partial charge in [-0.2, -0.15) is 11.8 Å². The van der Waals surface area contributed by atoms with Gasteiger partial charge in [-0.1, -0.05) is 60.7 Å². The SMILES string of the molecule is CSC(C)(C)C(NC(=O)O)C(=O)NCC(c1ccccc1)c1ccccc1. The van der Waals surface area contributed by atoms with E-state index in [1.807, 2.05) is 80.8 Å². The van der Waals surface area contributed by atoms with Crippen molar-refractivity contribution in [3.8, 4) is 0 Å². The van der Waals surface area contributed by atoms with Gasteiger partial charge in [0, 0.05) is 17.2 Å². The van der Waals surface area contributed by atoms with Crippen LogP contribution in [0.15, 0.2) is 60.7 Å². The molecule has 0 heterocycles. The van der Waals surface area contributed by atoms with E-state index in [9.17, 15) is 9.59 Å². The van der Waals surface area contributed by atoms with Crippen molar-refractivity contribution in [1.29, 1.82) is 0 Å². The number of rotatable bonds is 8. The number of carboxylic acid groups (broad SMARTS) is 1. The molecule has 3 N–H and O–H groups in total. The van der Waals surface area contributed by atoms with Crippen LogP contribution in [-0.4, -0.2) is 40.7 Å². The zero-order valence-electron chi connectivity index (χ0n) is 15.8. The van der Waals surface area contributed by atoms with Crippen molar-refractivity contribution in [2.75, 3.05) is 12.8 Å². The summed E-state index contributed by atoms with van der Waals surface area (Å²) < 4.78 is -0.572. The first-order valence-corrected chi connectivity index (χ1v) is 10.00. The van der Waals surface area contributed by atoms with Crippen molar-refractivity contribution >= 4 is 23.8 Å². The van der Waals surface area contributed by atoms with Gasteiger partial charge in [0.2, 0.25) is 5.91 Å². The lowest BCUT2D eigenvalue weighted by molar-refractivity contribution is -0.123. The number of hydrogen-bond acceptors (Lipinski definition) is 3. The lowest BCUT2D eigenvalue weighted by atomic mass is 9.91. The summed E-state index contributed by atoms with van der Waals surface area (Å²) in [5.74, 6) is -0.340. The summed E-state index contributed by atoms with van der Waals surface area (Å²) in [6, 6.07) is 19.1. The van der Waals surface area contributed by atoms with E-state index in [1.54, 1.807) is 0 Å². The number of nitrogens with one attached hydrogen (secondary N) is 2. The number of benzene rings is 2. The molecule has 0 radical (unpaired) electrons. The van der Waals surface area contributed by atoms with Gasteiger partial charge in [0.15, 0.2) is 0 Å². The van der Waals surface area contributed by atoms with Crippen molar-refractivity contribution < 1.29 is 14.7 Å². The van der Waals surface area contributed by atoms with Crippen molar-refractivity contribution in [2.24, 2.45) is 0 Å². The lowest BCUT2D eigenvalue weighted by Gasteiger charge is -2.32. The van der Waals surface area contributed by atoms with E-state index in [-0.39, 0.29) is 11.8 Å². The predicted octanol–water partition coefficient (Wildman–Crippen LogP) is 3.71. The molecule has 0 aliphatic heterocycles. The summed E-state index contributed by atoms with van der Waals surface area (Å²) in [5.41, 5.74) is 2.19. The van der Waals surface area contributed by atoms with E-state index in [0.717, 1.165) is 11.1 Å². The number of thioether (sulfide) groups is 1. The molecule has 144 valence electrons.